The van der Waals surface area contributed by atoms with Crippen LogP contribution in [0, 0.1) is 0 Å². The molecule has 2 rings (SSSR count). The summed E-state index contributed by atoms with van der Waals surface area (Å²) in [5.41, 5.74) is 0.280. The molecule has 0 saturated carbocycles. The van der Waals surface area contributed by atoms with Gasteiger partial charge in [-0.2, -0.15) is 0 Å². The fraction of sp³-hybridized carbons (Fsp3) is 0.538. The molecule has 1 aliphatic heterocycles. The molecule has 0 radical (unpaired) electrons. The van der Waals surface area contributed by atoms with Crippen molar-refractivity contribution in [2.24, 2.45) is 0 Å². The number of aromatic nitrogens is 1. The van der Waals surface area contributed by atoms with Crippen molar-refractivity contribution in [2.45, 2.75) is 20.0 Å². The van der Waals surface area contributed by atoms with Crippen LogP contribution in [0.4, 0.5) is 0 Å². The van der Waals surface area contributed by atoms with Crippen molar-refractivity contribution in [1.29, 1.82) is 0 Å². The zero-order valence-electron chi connectivity index (χ0n) is 11.6. The average molecular weight is 298 g/mol. The van der Waals surface area contributed by atoms with E-state index in [4.69, 9.17) is 4.74 Å². The summed E-state index contributed by atoms with van der Waals surface area (Å²) in [5.74, 6) is 0.173. The molecular weight excluding hydrogens is 280 g/mol. The van der Waals surface area contributed by atoms with Gasteiger partial charge in [0.05, 0.1) is 17.6 Å². The van der Waals surface area contributed by atoms with Crippen molar-refractivity contribution in [1.82, 2.24) is 9.88 Å². The second-order valence-corrected chi connectivity index (χ2v) is 7.28. The third-order valence-electron chi connectivity index (χ3n) is 2.93. The molecule has 1 aromatic heterocycles. The zero-order chi connectivity index (χ0) is 14.8. The maximum absolute atomic E-state index is 12.3. The molecule has 2 heterocycles. The zero-order valence-corrected chi connectivity index (χ0v) is 12.4. The number of amides is 1. The lowest BCUT2D eigenvalue weighted by atomic mass is 10.3. The van der Waals surface area contributed by atoms with Gasteiger partial charge in [-0.15, -0.1) is 0 Å². The highest BCUT2D eigenvalue weighted by molar-refractivity contribution is 7.91. The third-order valence-corrected chi connectivity index (χ3v) is 4.54. The monoisotopic (exact) mass is 298 g/mol. The molecule has 0 atom stereocenters. The first-order chi connectivity index (χ1) is 9.37. The number of pyridine rings is 1. The van der Waals surface area contributed by atoms with Gasteiger partial charge in [-0.1, -0.05) is 6.07 Å². The Morgan fingerprint density at radius 3 is 2.55 bits per heavy atom. The van der Waals surface area contributed by atoms with Crippen LogP contribution in [-0.2, 0) is 9.84 Å². The molecule has 0 aromatic carbocycles. The van der Waals surface area contributed by atoms with Crippen LogP contribution in [0.1, 0.15) is 24.3 Å². The van der Waals surface area contributed by atoms with Crippen LogP contribution in [0.5, 0.6) is 5.88 Å². The van der Waals surface area contributed by atoms with Gasteiger partial charge in [-0.25, -0.2) is 13.4 Å². The highest BCUT2D eigenvalue weighted by Crippen LogP contribution is 2.13. The van der Waals surface area contributed by atoms with Crippen LogP contribution in [0.25, 0.3) is 0 Å². The van der Waals surface area contributed by atoms with E-state index in [9.17, 15) is 13.2 Å². The van der Waals surface area contributed by atoms with Crippen LogP contribution < -0.4 is 4.74 Å². The number of carbonyl (C=O) groups is 1. The number of carbonyl (C=O) groups excluding carboxylic acids is 1. The Kier molecular flexibility index (Phi) is 4.27. The van der Waals surface area contributed by atoms with Gasteiger partial charge in [0.2, 0.25) is 5.88 Å². The number of ether oxygens (including phenoxy) is 1. The number of hydrogen-bond donors (Lipinski definition) is 0. The highest BCUT2D eigenvalue weighted by Gasteiger charge is 2.26. The first-order valence-electron chi connectivity index (χ1n) is 6.51. The van der Waals surface area contributed by atoms with Gasteiger partial charge in [-0.3, -0.25) is 4.79 Å². The van der Waals surface area contributed by atoms with E-state index >= 15 is 0 Å². The number of rotatable bonds is 3. The molecule has 1 saturated heterocycles. The molecular formula is C13H18N2O4S. The van der Waals surface area contributed by atoms with Crippen molar-refractivity contribution in [2.75, 3.05) is 24.6 Å². The Morgan fingerprint density at radius 2 is 1.95 bits per heavy atom. The molecule has 0 spiro atoms. The summed E-state index contributed by atoms with van der Waals surface area (Å²) in [6.07, 6.45) is -0.0204. The van der Waals surface area contributed by atoms with Gasteiger partial charge in [0.1, 0.15) is 5.69 Å². The molecule has 0 aliphatic carbocycles. The van der Waals surface area contributed by atoms with Crippen molar-refractivity contribution < 1.29 is 17.9 Å². The van der Waals surface area contributed by atoms with Crippen LogP contribution in [0.3, 0.4) is 0 Å². The fourth-order valence-electron chi connectivity index (χ4n) is 1.92. The SMILES string of the molecule is CC(C)Oc1cccc(C(=O)N2CCS(=O)(=O)CC2)n1. The minimum Gasteiger partial charge on any atom is -0.475 e. The van der Waals surface area contributed by atoms with E-state index in [0.29, 0.717) is 5.88 Å². The van der Waals surface area contributed by atoms with Crippen LogP contribution in [0.2, 0.25) is 0 Å². The Hall–Kier alpha value is -1.63. The predicted molar refractivity (Wildman–Crippen MR) is 74.6 cm³/mol. The summed E-state index contributed by atoms with van der Waals surface area (Å²) in [6, 6.07) is 5.01. The van der Waals surface area contributed by atoms with E-state index < -0.39 is 9.84 Å². The maximum Gasteiger partial charge on any atom is 0.272 e. The summed E-state index contributed by atoms with van der Waals surface area (Å²) in [6.45, 7) is 4.20. The van der Waals surface area contributed by atoms with Gasteiger partial charge in [0.25, 0.3) is 5.91 Å². The molecule has 110 valence electrons. The van der Waals surface area contributed by atoms with Crippen LogP contribution in [-0.4, -0.2) is 54.9 Å². The van der Waals surface area contributed by atoms with E-state index in [2.05, 4.69) is 4.98 Å². The molecule has 0 unspecified atom stereocenters. The van der Waals surface area contributed by atoms with E-state index in [-0.39, 0.29) is 42.3 Å². The van der Waals surface area contributed by atoms with Crippen molar-refractivity contribution in [3.05, 3.63) is 23.9 Å². The first-order valence-corrected chi connectivity index (χ1v) is 8.33. The second-order valence-electron chi connectivity index (χ2n) is 4.97. The lowest BCUT2D eigenvalue weighted by Crippen LogP contribution is -2.44. The smallest absolute Gasteiger partial charge is 0.272 e. The molecule has 1 amide bonds. The van der Waals surface area contributed by atoms with E-state index in [1.54, 1.807) is 18.2 Å². The normalized spacial score (nSPS) is 18.1. The molecule has 1 aromatic rings. The quantitative estimate of drug-likeness (QED) is 0.822. The van der Waals surface area contributed by atoms with Gasteiger partial charge < -0.3 is 9.64 Å². The minimum atomic E-state index is -2.99. The molecule has 1 aliphatic rings. The lowest BCUT2D eigenvalue weighted by Gasteiger charge is -2.26. The largest absolute Gasteiger partial charge is 0.475 e. The van der Waals surface area contributed by atoms with E-state index in [1.807, 2.05) is 13.8 Å². The molecule has 0 N–H and O–H groups in total. The predicted octanol–water partition coefficient (Wildman–Crippen LogP) is 0.739. The average Bonchev–Trinajstić information content (AvgIpc) is 2.37. The van der Waals surface area contributed by atoms with Crippen molar-refractivity contribution in [3.63, 3.8) is 0 Å². The van der Waals surface area contributed by atoms with Crippen molar-refractivity contribution >= 4 is 15.7 Å². The van der Waals surface area contributed by atoms with Gasteiger partial charge in [0.15, 0.2) is 9.84 Å². The Morgan fingerprint density at radius 1 is 1.30 bits per heavy atom. The molecule has 1 fully saturated rings. The fourth-order valence-corrected chi connectivity index (χ4v) is 3.12. The van der Waals surface area contributed by atoms with E-state index in [1.165, 1.54) is 4.90 Å². The van der Waals surface area contributed by atoms with Crippen molar-refractivity contribution in [3.8, 4) is 5.88 Å². The molecule has 0 bridgehead atoms. The summed E-state index contributed by atoms with van der Waals surface area (Å²) < 4.78 is 28.2. The maximum atomic E-state index is 12.3. The second kappa shape index (κ2) is 5.78. The molecule has 6 nitrogen and oxygen atoms in total. The summed E-state index contributed by atoms with van der Waals surface area (Å²) in [4.78, 5) is 17.9. The Bertz CT molecular complexity index is 584. The van der Waals surface area contributed by atoms with Crippen LogP contribution in [0.15, 0.2) is 18.2 Å². The minimum absolute atomic E-state index is 0.0148. The van der Waals surface area contributed by atoms with Crippen LogP contribution >= 0.6 is 0 Å². The standard InChI is InChI=1S/C13H18N2O4S/c1-10(2)19-12-5-3-4-11(14-12)13(16)15-6-8-20(17,18)9-7-15/h3-5,10H,6-9H2,1-2H3. The molecule has 20 heavy (non-hydrogen) atoms. The first kappa shape index (κ1) is 14.8. The number of sulfone groups is 1. The molecule has 7 heteroatoms. The third kappa shape index (κ3) is 3.69. The van der Waals surface area contributed by atoms with Gasteiger partial charge in [0, 0.05) is 19.2 Å². The highest BCUT2D eigenvalue weighted by atomic mass is 32.2. The van der Waals surface area contributed by atoms with Gasteiger partial charge in [-0.05, 0) is 19.9 Å². The summed E-state index contributed by atoms with van der Waals surface area (Å²) in [7, 11) is -2.99. The number of nitrogens with zero attached hydrogens (tertiary/aromatic N) is 2. The Balaban J connectivity index is 2.09. The summed E-state index contributed by atoms with van der Waals surface area (Å²) >= 11 is 0. The lowest BCUT2D eigenvalue weighted by molar-refractivity contribution is 0.0762. The van der Waals surface area contributed by atoms with E-state index in [0.717, 1.165) is 0 Å². The number of hydrogen-bond acceptors (Lipinski definition) is 5. The topological polar surface area (TPSA) is 76.6 Å². The van der Waals surface area contributed by atoms with Gasteiger partial charge >= 0.3 is 0 Å². The Labute approximate surface area is 118 Å². The summed E-state index contributed by atoms with van der Waals surface area (Å²) in [5, 5.41) is 0.